The number of nitriles is 1. The summed E-state index contributed by atoms with van der Waals surface area (Å²) in [5, 5.41) is 12.3. The zero-order valence-electron chi connectivity index (χ0n) is 16.3. The Labute approximate surface area is 200 Å². The molecule has 3 aromatic rings. The van der Waals surface area contributed by atoms with Crippen LogP contribution in [0, 0.1) is 11.3 Å². The number of carbonyl (C=O) groups is 1. The molecular weight excluding hydrogens is 504 g/mol. The van der Waals surface area contributed by atoms with Crippen LogP contribution >= 0.6 is 34.8 Å². The fraction of sp³-hybridized carbons (Fsp3) is 0.0909. The smallest absolute Gasteiger partial charge is 0.416 e. The predicted molar refractivity (Wildman–Crippen MR) is 118 cm³/mol. The van der Waals surface area contributed by atoms with Crippen LogP contribution in [-0.4, -0.2) is 5.91 Å². The molecule has 0 unspecified atom stereocenters. The Bertz CT molecular complexity index is 1240. The molecule has 0 aliphatic carbocycles. The summed E-state index contributed by atoms with van der Waals surface area (Å²) in [5.74, 6) is -0.211. The minimum Gasteiger partial charge on any atom is -0.483 e. The van der Waals surface area contributed by atoms with Gasteiger partial charge in [-0.25, -0.2) is 0 Å². The average Bonchev–Trinajstić information content (AvgIpc) is 3.18. The van der Waals surface area contributed by atoms with Crippen molar-refractivity contribution in [1.82, 2.24) is 0 Å². The lowest BCUT2D eigenvalue weighted by Gasteiger charge is -2.09. The average molecular weight is 516 g/mol. The van der Waals surface area contributed by atoms with Gasteiger partial charge in [-0.3, -0.25) is 4.79 Å². The maximum Gasteiger partial charge on any atom is 0.416 e. The normalized spacial score (nSPS) is 11.7. The predicted octanol–water partition coefficient (Wildman–Crippen LogP) is 7.38. The molecule has 1 aromatic heterocycles. The Hall–Kier alpha value is -3.12. The fourth-order valence-electron chi connectivity index (χ4n) is 2.62. The molecule has 11 heteroatoms. The zero-order valence-corrected chi connectivity index (χ0v) is 18.6. The molecule has 0 saturated carbocycles. The maximum absolute atomic E-state index is 12.8. The van der Waals surface area contributed by atoms with E-state index in [1.807, 2.05) is 0 Å². The third-order valence-corrected chi connectivity index (χ3v) is 4.88. The van der Waals surface area contributed by atoms with Crippen molar-refractivity contribution in [2.75, 3.05) is 5.32 Å². The van der Waals surface area contributed by atoms with Crippen molar-refractivity contribution in [2.45, 2.75) is 12.8 Å². The van der Waals surface area contributed by atoms with Crippen molar-refractivity contribution >= 4 is 52.5 Å². The highest BCUT2D eigenvalue weighted by molar-refractivity contribution is 6.40. The van der Waals surface area contributed by atoms with E-state index in [1.165, 1.54) is 24.3 Å². The lowest BCUT2D eigenvalue weighted by Crippen LogP contribution is -2.14. The molecule has 2 aromatic carbocycles. The highest BCUT2D eigenvalue weighted by atomic mass is 35.5. The van der Waals surface area contributed by atoms with Gasteiger partial charge in [0.25, 0.3) is 5.91 Å². The van der Waals surface area contributed by atoms with Gasteiger partial charge >= 0.3 is 6.18 Å². The number of benzene rings is 2. The van der Waals surface area contributed by atoms with Gasteiger partial charge < -0.3 is 14.5 Å². The van der Waals surface area contributed by atoms with E-state index >= 15 is 0 Å². The van der Waals surface area contributed by atoms with E-state index in [-0.39, 0.29) is 39.4 Å². The lowest BCUT2D eigenvalue weighted by molar-refractivity contribution is -0.137. The topological polar surface area (TPSA) is 75.3 Å². The second-order valence-electron chi connectivity index (χ2n) is 6.49. The second kappa shape index (κ2) is 10.2. The third kappa shape index (κ3) is 6.45. The van der Waals surface area contributed by atoms with Crippen molar-refractivity contribution in [3.63, 3.8) is 0 Å². The molecule has 5 nitrogen and oxygen atoms in total. The molecule has 0 bridgehead atoms. The number of hydrogen-bond acceptors (Lipinski definition) is 4. The number of nitrogens with zero attached hydrogens (tertiary/aromatic N) is 1. The number of carbonyl (C=O) groups excluding carboxylic acids is 1. The summed E-state index contributed by atoms with van der Waals surface area (Å²) < 4.78 is 49.6. The van der Waals surface area contributed by atoms with Crippen LogP contribution in [0.25, 0.3) is 6.08 Å². The van der Waals surface area contributed by atoms with E-state index < -0.39 is 17.6 Å². The molecule has 0 atom stereocenters. The summed E-state index contributed by atoms with van der Waals surface area (Å²) >= 11 is 18.0. The number of nitrogens with one attached hydrogen (secondary N) is 1. The van der Waals surface area contributed by atoms with Gasteiger partial charge in [-0.1, -0.05) is 40.9 Å². The monoisotopic (exact) mass is 514 g/mol. The fourth-order valence-corrected chi connectivity index (χ4v) is 3.55. The van der Waals surface area contributed by atoms with Crippen molar-refractivity contribution < 1.29 is 27.1 Å². The minimum atomic E-state index is -4.57. The standard InChI is InChI=1S/C22H12Cl3F3N2O3/c23-14-8-18(24)20(19(25)9-14)32-11-17-5-4-16(33-17)6-12(10-29)21(31)30-15-3-1-2-13(7-15)22(26,27)28/h1-9H,11H2,(H,30,31)/b12-6+. The first-order valence-corrected chi connectivity index (χ1v) is 10.2. The first-order chi connectivity index (χ1) is 15.6. The van der Waals surface area contributed by atoms with Crippen LogP contribution in [0.4, 0.5) is 18.9 Å². The van der Waals surface area contributed by atoms with E-state index in [2.05, 4.69) is 5.32 Å². The Morgan fingerprint density at radius 3 is 2.45 bits per heavy atom. The minimum absolute atomic E-state index is 0.0623. The number of hydrogen-bond donors (Lipinski definition) is 1. The van der Waals surface area contributed by atoms with Gasteiger partial charge in [0.15, 0.2) is 5.75 Å². The second-order valence-corrected chi connectivity index (χ2v) is 7.74. The van der Waals surface area contributed by atoms with Gasteiger partial charge in [0.2, 0.25) is 0 Å². The SMILES string of the molecule is N#C/C(=C\c1ccc(COc2c(Cl)cc(Cl)cc2Cl)o1)C(=O)Nc1cccc(C(F)(F)F)c1. The molecule has 0 saturated heterocycles. The Morgan fingerprint density at radius 1 is 1.12 bits per heavy atom. The number of alkyl halides is 3. The summed E-state index contributed by atoms with van der Waals surface area (Å²) in [5.41, 5.74) is -1.42. The number of anilines is 1. The molecule has 1 heterocycles. The van der Waals surface area contributed by atoms with E-state index in [4.69, 9.17) is 44.0 Å². The van der Waals surface area contributed by atoms with Crippen LogP contribution in [0.2, 0.25) is 15.1 Å². The number of ether oxygens (including phenoxy) is 1. The molecule has 3 rings (SSSR count). The Balaban J connectivity index is 1.70. The van der Waals surface area contributed by atoms with Crippen molar-refractivity contribution in [1.29, 1.82) is 5.26 Å². The highest BCUT2D eigenvalue weighted by Crippen LogP contribution is 2.36. The van der Waals surface area contributed by atoms with Crippen LogP contribution < -0.4 is 10.1 Å². The largest absolute Gasteiger partial charge is 0.483 e. The summed E-state index contributed by atoms with van der Waals surface area (Å²) in [6.45, 7) is -0.0623. The van der Waals surface area contributed by atoms with Gasteiger partial charge in [0, 0.05) is 16.8 Å². The highest BCUT2D eigenvalue weighted by Gasteiger charge is 2.30. The van der Waals surface area contributed by atoms with Gasteiger partial charge in [0.1, 0.15) is 29.8 Å². The molecule has 33 heavy (non-hydrogen) atoms. The van der Waals surface area contributed by atoms with E-state index in [0.29, 0.717) is 10.8 Å². The summed E-state index contributed by atoms with van der Waals surface area (Å²) in [4.78, 5) is 12.3. The number of amides is 1. The van der Waals surface area contributed by atoms with Gasteiger partial charge in [0.05, 0.1) is 15.6 Å². The summed E-state index contributed by atoms with van der Waals surface area (Å²) in [6.07, 6.45) is -3.42. The molecule has 0 radical (unpaired) electrons. The molecular formula is C22H12Cl3F3N2O3. The number of rotatable bonds is 6. The van der Waals surface area contributed by atoms with E-state index in [0.717, 1.165) is 24.3 Å². The number of halogens is 6. The van der Waals surface area contributed by atoms with E-state index in [1.54, 1.807) is 12.1 Å². The summed E-state index contributed by atoms with van der Waals surface area (Å²) in [6, 6.07) is 11.7. The van der Waals surface area contributed by atoms with Crippen molar-refractivity contribution in [3.05, 3.63) is 86.3 Å². The lowest BCUT2D eigenvalue weighted by atomic mass is 10.1. The van der Waals surface area contributed by atoms with Crippen LogP contribution in [0.5, 0.6) is 5.75 Å². The van der Waals surface area contributed by atoms with E-state index in [9.17, 15) is 23.2 Å². The van der Waals surface area contributed by atoms with Crippen LogP contribution in [0.3, 0.4) is 0 Å². The Morgan fingerprint density at radius 2 is 1.82 bits per heavy atom. The summed E-state index contributed by atoms with van der Waals surface area (Å²) in [7, 11) is 0. The van der Waals surface area contributed by atoms with Gasteiger partial charge in [-0.05, 0) is 42.5 Å². The molecule has 1 amide bonds. The van der Waals surface area contributed by atoms with Gasteiger partial charge in [-0.15, -0.1) is 0 Å². The molecule has 1 N–H and O–H groups in total. The van der Waals surface area contributed by atoms with Crippen LogP contribution in [0.15, 0.2) is 58.5 Å². The molecule has 0 fully saturated rings. The quantitative estimate of drug-likeness (QED) is 0.274. The first-order valence-electron chi connectivity index (χ1n) is 9.03. The van der Waals surface area contributed by atoms with Crippen molar-refractivity contribution in [2.24, 2.45) is 0 Å². The first kappa shape index (κ1) is 24.5. The number of furan rings is 1. The molecule has 0 aliphatic rings. The molecule has 170 valence electrons. The van der Waals surface area contributed by atoms with Crippen LogP contribution in [-0.2, 0) is 17.6 Å². The molecule has 0 spiro atoms. The Kier molecular flexibility index (Phi) is 7.59. The third-order valence-electron chi connectivity index (χ3n) is 4.10. The van der Waals surface area contributed by atoms with Crippen LogP contribution in [0.1, 0.15) is 17.1 Å². The van der Waals surface area contributed by atoms with Crippen molar-refractivity contribution in [3.8, 4) is 11.8 Å². The maximum atomic E-state index is 12.8. The molecule has 0 aliphatic heterocycles. The van der Waals surface area contributed by atoms with Gasteiger partial charge in [-0.2, -0.15) is 18.4 Å². The zero-order chi connectivity index (χ0) is 24.2.